The van der Waals surface area contributed by atoms with Crippen LogP contribution in [0.5, 0.6) is 5.75 Å². The molecule has 0 radical (unpaired) electrons. The highest BCUT2D eigenvalue weighted by Crippen LogP contribution is 2.17. The molecule has 1 unspecified atom stereocenters. The van der Waals surface area contributed by atoms with E-state index in [2.05, 4.69) is 39.8 Å². The van der Waals surface area contributed by atoms with Crippen molar-refractivity contribution < 1.29 is 23.9 Å². The molecule has 2 aromatic carbocycles. The van der Waals surface area contributed by atoms with E-state index in [-0.39, 0.29) is 18.2 Å². The van der Waals surface area contributed by atoms with Crippen LogP contribution in [-0.4, -0.2) is 55.0 Å². The molecule has 8 heteroatoms. The van der Waals surface area contributed by atoms with Gasteiger partial charge in [0.25, 0.3) is 5.91 Å². The van der Waals surface area contributed by atoms with E-state index >= 15 is 0 Å². The third-order valence-electron chi connectivity index (χ3n) is 5.58. The minimum atomic E-state index is -0.708. The van der Waals surface area contributed by atoms with Crippen molar-refractivity contribution >= 4 is 17.7 Å². The Kier molecular flexibility index (Phi) is 7.14. The van der Waals surface area contributed by atoms with Gasteiger partial charge in [-0.3, -0.25) is 24.6 Å². The van der Waals surface area contributed by atoms with Crippen molar-refractivity contribution in [3.8, 4) is 5.75 Å². The lowest BCUT2D eigenvalue weighted by atomic mass is 10.1. The summed E-state index contributed by atoms with van der Waals surface area (Å²) < 4.78 is 11.3. The van der Waals surface area contributed by atoms with Crippen molar-refractivity contribution in [2.45, 2.75) is 32.0 Å². The molecule has 2 fully saturated rings. The molecule has 4 rings (SSSR count). The Bertz CT molecular complexity index is 970. The van der Waals surface area contributed by atoms with Crippen LogP contribution in [-0.2, 0) is 27.5 Å². The quantitative estimate of drug-likeness (QED) is 0.639. The molecule has 2 saturated heterocycles. The number of nitrogens with zero attached hydrogens (tertiary/aromatic N) is 1. The molecule has 168 valence electrons. The van der Waals surface area contributed by atoms with Crippen LogP contribution in [0.4, 0.5) is 0 Å². The maximum atomic E-state index is 12.5. The summed E-state index contributed by atoms with van der Waals surface area (Å²) in [5, 5.41) is 4.91. The van der Waals surface area contributed by atoms with E-state index in [9.17, 15) is 14.4 Å². The summed E-state index contributed by atoms with van der Waals surface area (Å²) in [5.74, 6) is -0.597. The first kappa shape index (κ1) is 22.0. The van der Waals surface area contributed by atoms with Crippen LogP contribution in [0.1, 0.15) is 34.3 Å². The summed E-state index contributed by atoms with van der Waals surface area (Å²) in [6.07, 6.45) is 0.513. The Hall–Kier alpha value is -3.23. The fourth-order valence-corrected chi connectivity index (χ4v) is 3.73. The molecular weight excluding hydrogens is 410 g/mol. The van der Waals surface area contributed by atoms with Crippen molar-refractivity contribution in [2.24, 2.45) is 0 Å². The van der Waals surface area contributed by atoms with Gasteiger partial charge in [-0.1, -0.05) is 30.3 Å². The average Bonchev–Trinajstić information content (AvgIpc) is 2.81. The monoisotopic (exact) mass is 437 g/mol. The Morgan fingerprint density at radius 2 is 1.84 bits per heavy atom. The van der Waals surface area contributed by atoms with Gasteiger partial charge in [0.05, 0.1) is 13.2 Å². The highest BCUT2D eigenvalue weighted by Gasteiger charge is 2.28. The van der Waals surface area contributed by atoms with Gasteiger partial charge in [-0.25, -0.2) is 0 Å². The van der Waals surface area contributed by atoms with Crippen LogP contribution in [0.3, 0.4) is 0 Å². The highest BCUT2D eigenvalue weighted by molar-refractivity contribution is 6.03. The number of morpholine rings is 1. The SMILES string of the molecule is O=C1CCC(NC(=O)c2cccc(OCc3ccc(CN4CCOCC4)cc3)c2)C(=O)N1. The Morgan fingerprint density at radius 3 is 2.59 bits per heavy atom. The Morgan fingerprint density at radius 1 is 1.09 bits per heavy atom. The summed E-state index contributed by atoms with van der Waals surface area (Å²) in [6.45, 7) is 4.79. The fraction of sp³-hybridized carbons (Fsp3) is 0.375. The second-order valence-electron chi connectivity index (χ2n) is 8.00. The first-order valence-corrected chi connectivity index (χ1v) is 10.8. The van der Waals surface area contributed by atoms with Gasteiger partial charge in [0, 0.05) is 31.6 Å². The molecular formula is C24H27N3O5. The molecule has 8 nitrogen and oxygen atoms in total. The Labute approximate surface area is 186 Å². The normalized spacial score (nSPS) is 19.3. The van der Waals surface area contributed by atoms with Gasteiger partial charge in [0.1, 0.15) is 18.4 Å². The van der Waals surface area contributed by atoms with Gasteiger partial charge >= 0.3 is 0 Å². The fourth-order valence-electron chi connectivity index (χ4n) is 3.73. The van der Waals surface area contributed by atoms with Crippen molar-refractivity contribution in [1.82, 2.24) is 15.5 Å². The molecule has 2 aromatic rings. The van der Waals surface area contributed by atoms with Crippen LogP contribution >= 0.6 is 0 Å². The molecule has 0 aromatic heterocycles. The van der Waals surface area contributed by atoms with E-state index in [0.717, 1.165) is 38.4 Å². The molecule has 2 N–H and O–H groups in total. The first-order valence-electron chi connectivity index (χ1n) is 10.8. The molecule has 2 heterocycles. The van der Waals surface area contributed by atoms with Gasteiger partial charge in [-0.2, -0.15) is 0 Å². The number of imide groups is 1. The first-order chi connectivity index (χ1) is 15.6. The van der Waals surface area contributed by atoms with Crippen molar-refractivity contribution in [2.75, 3.05) is 26.3 Å². The minimum Gasteiger partial charge on any atom is -0.489 e. The number of nitrogens with one attached hydrogen (secondary N) is 2. The number of rotatable bonds is 7. The van der Waals surface area contributed by atoms with Crippen LogP contribution in [0, 0.1) is 0 Å². The molecule has 0 spiro atoms. The van der Waals surface area contributed by atoms with Gasteiger partial charge in [-0.05, 0) is 35.7 Å². The minimum absolute atomic E-state index is 0.213. The molecule has 0 saturated carbocycles. The molecule has 2 aliphatic heterocycles. The average molecular weight is 437 g/mol. The smallest absolute Gasteiger partial charge is 0.252 e. The lowest BCUT2D eigenvalue weighted by Crippen LogP contribution is -2.52. The predicted octanol–water partition coefficient (Wildman–Crippen LogP) is 1.63. The van der Waals surface area contributed by atoms with Crippen LogP contribution in [0.15, 0.2) is 48.5 Å². The van der Waals surface area contributed by atoms with E-state index in [1.54, 1.807) is 24.3 Å². The lowest BCUT2D eigenvalue weighted by molar-refractivity contribution is -0.134. The predicted molar refractivity (Wildman–Crippen MR) is 117 cm³/mol. The van der Waals surface area contributed by atoms with Gasteiger partial charge in [-0.15, -0.1) is 0 Å². The number of carbonyl (C=O) groups is 3. The number of ether oxygens (including phenoxy) is 2. The van der Waals surface area contributed by atoms with Gasteiger partial charge < -0.3 is 14.8 Å². The van der Waals surface area contributed by atoms with Crippen LogP contribution < -0.4 is 15.4 Å². The van der Waals surface area contributed by atoms with Gasteiger partial charge in [0.15, 0.2) is 0 Å². The van der Waals surface area contributed by atoms with E-state index in [1.165, 1.54) is 5.56 Å². The zero-order valence-electron chi connectivity index (χ0n) is 17.8. The zero-order valence-corrected chi connectivity index (χ0v) is 17.8. The number of hydrogen-bond acceptors (Lipinski definition) is 6. The van der Waals surface area contributed by atoms with Crippen molar-refractivity contribution in [3.63, 3.8) is 0 Å². The molecule has 2 aliphatic rings. The number of piperidine rings is 1. The molecule has 1 atom stereocenters. The van der Waals surface area contributed by atoms with E-state index < -0.39 is 11.9 Å². The maximum absolute atomic E-state index is 12.5. The molecule has 32 heavy (non-hydrogen) atoms. The second-order valence-corrected chi connectivity index (χ2v) is 8.00. The van der Waals surface area contributed by atoms with Crippen molar-refractivity contribution in [3.05, 3.63) is 65.2 Å². The summed E-state index contributed by atoms with van der Waals surface area (Å²) in [7, 11) is 0. The summed E-state index contributed by atoms with van der Waals surface area (Å²) in [4.78, 5) is 38.0. The van der Waals surface area contributed by atoms with Gasteiger partial charge in [0.2, 0.25) is 11.8 Å². The number of hydrogen-bond donors (Lipinski definition) is 2. The number of amides is 3. The molecule has 0 aliphatic carbocycles. The number of carbonyl (C=O) groups excluding carboxylic acids is 3. The largest absolute Gasteiger partial charge is 0.489 e. The third-order valence-corrected chi connectivity index (χ3v) is 5.58. The Balaban J connectivity index is 1.29. The summed E-state index contributed by atoms with van der Waals surface area (Å²) in [5.41, 5.74) is 2.69. The molecule has 0 bridgehead atoms. The standard InChI is InChI=1S/C24H27N3O5/c28-22-9-8-21(24(30)26-22)25-23(29)19-2-1-3-20(14-19)32-16-18-6-4-17(5-7-18)15-27-10-12-31-13-11-27/h1-7,14,21H,8-13,15-16H2,(H,25,29)(H,26,28,30). The summed E-state index contributed by atoms with van der Waals surface area (Å²) in [6, 6.07) is 14.4. The summed E-state index contributed by atoms with van der Waals surface area (Å²) >= 11 is 0. The highest BCUT2D eigenvalue weighted by atomic mass is 16.5. The second kappa shape index (κ2) is 10.4. The maximum Gasteiger partial charge on any atom is 0.252 e. The van der Waals surface area contributed by atoms with E-state index in [1.807, 2.05) is 0 Å². The van der Waals surface area contributed by atoms with E-state index in [4.69, 9.17) is 9.47 Å². The van der Waals surface area contributed by atoms with Crippen LogP contribution in [0.2, 0.25) is 0 Å². The lowest BCUT2D eigenvalue weighted by Gasteiger charge is -2.26. The van der Waals surface area contributed by atoms with Crippen LogP contribution in [0.25, 0.3) is 0 Å². The third kappa shape index (κ3) is 5.93. The molecule has 3 amide bonds. The van der Waals surface area contributed by atoms with E-state index in [0.29, 0.717) is 24.3 Å². The van der Waals surface area contributed by atoms with Crippen molar-refractivity contribution in [1.29, 1.82) is 0 Å². The topological polar surface area (TPSA) is 97.0 Å². The number of benzene rings is 2. The zero-order chi connectivity index (χ0) is 22.3.